The number of rotatable bonds is 9. The van der Waals surface area contributed by atoms with Gasteiger partial charge in [-0.05, 0) is 43.9 Å². The van der Waals surface area contributed by atoms with Gasteiger partial charge in [-0.25, -0.2) is 14.4 Å². The number of likely N-dealkylation sites (N-methyl/N-ethyl adjacent to an activating group) is 2. The van der Waals surface area contributed by atoms with Gasteiger partial charge in [0, 0.05) is 37.8 Å². The molecule has 0 saturated carbocycles. The number of nitrogens with two attached hydrogens (primary N) is 1. The fourth-order valence-corrected chi connectivity index (χ4v) is 4.67. The van der Waals surface area contributed by atoms with Crippen LogP contribution in [0, 0.1) is 5.82 Å². The normalized spacial score (nSPS) is 11.3. The first-order chi connectivity index (χ1) is 19.2. The minimum absolute atomic E-state index is 0.225. The van der Waals surface area contributed by atoms with Crippen LogP contribution in [0.4, 0.5) is 27.4 Å². The molecular formula is C30H32FN7O2. The van der Waals surface area contributed by atoms with E-state index < -0.39 is 0 Å². The highest BCUT2D eigenvalue weighted by atomic mass is 19.1. The summed E-state index contributed by atoms with van der Waals surface area (Å²) >= 11 is 0. The fourth-order valence-electron chi connectivity index (χ4n) is 4.67. The summed E-state index contributed by atoms with van der Waals surface area (Å²) in [5.74, 6) is 0.571. The SMILES string of the molecule is COc1cc(N(C)CCN(C)C)c(N)cc1Nc1ncc2c(=O)n(Cc3ccc(F)cc3)c3ccccc3c2n1. The number of nitrogens with one attached hydrogen (secondary N) is 1. The van der Waals surface area contributed by atoms with E-state index in [1.807, 2.05) is 51.5 Å². The summed E-state index contributed by atoms with van der Waals surface area (Å²) in [4.78, 5) is 26.9. The maximum Gasteiger partial charge on any atom is 0.262 e. The number of pyridine rings is 1. The van der Waals surface area contributed by atoms with Gasteiger partial charge in [0.05, 0.1) is 47.1 Å². The quantitative estimate of drug-likeness (QED) is 0.208. The maximum atomic E-state index is 13.6. The molecule has 0 fully saturated rings. The summed E-state index contributed by atoms with van der Waals surface area (Å²) in [5.41, 5.74) is 10.3. The van der Waals surface area contributed by atoms with Gasteiger partial charge in [0.1, 0.15) is 11.6 Å². The first kappa shape index (κ1) is 26.9. The average Bonchev–Trinajstić information content (AvgIpc) is 2.95. The Morgan fingerprint density at radius 1 is 1.02 bits per heavy atom. The van der Waals surface area contributed by atoms with Crippen molar-refractivity contribution in [1.29, 1.82) is 0 Å². The molecule has 3 N–H and O–H groups in total. The summed E-state index contributed by atoms with van der Waals surface area (Å²) < 4.78 is 20.8. The first-order valence-electron chi connectivity index (χ1n) is 12.9. The number of para-hydroxylation sites is 1. The van der Waals surface area contributed by atoms with E-state index in [0.29, 0.717) is 40.5 Å². The van der Waals surface area contributed by atoms with E-state index in [1.54, 1.807) is 29.9 Å². The van der Waals surface area contributed by atoms with Gasteiger partial charge in [-0.1, -0.05) is 30.3 Å². The van der Waals surface area contributed by atoms with Crippen molar-refractivity contribution in [3.8, 4) is 5.75 Å². The predicted molar refractivity (Wildman–Crippen MR) is 159 cm³/mol. The standard InChI is InChI=1S/C30H32FN7O2/c1-36(2)13-14-37(3)26-16-27(40-4)24(15-23(26)32)34-30-33-17-22-28(35-30)21-7-5-6-8-25(21)38(29(22)39)18-19-9-11-20(31)12-10-19/h5-12,15-17H,13-14,18,32H2,1-4H3,(H,33,34,35). The third-order valence-electron chi connectivity index (χ3n) is 6.86. The van der Waals surface area contributed by atoms with Gasteiger partial charge in [0.25, 0.3) is 5.56 Å². The minimum Gasteiger partial charge on any atom is -0.494 e. The third-order valence-corrected chi connectivity index (χ3v) is 6.86. The molecule has 2 heterocycles. The van der Waals surface area contributed by atoms with E-state index in [1.165, 1.54) is 18.3 Å². The Bertz CT molecular complexity index is 1740. The van der Waals surface area contributed by atoms with E-state index in [0.717, 1.165) is 35.2 Å². The van der Waals surface area contributed by atoms with Crippen LogP contribution in [0.2, 0.25) is 0 Å². The number of hydrogen-bond donors (Lipinski definition) is 2. The van der Waals surface area contributed by atoms with Crippen LogP contribution in [-0.4, -0.2) is 60.8 Å². The van der Waals surface area contributed by atoms with E-state index >= 15 is 0 Å². The lowest BCUT2D eigenvalue weighted by Crippen LogP contribution is -2.29. The summed E-state index contributed by atoms with van der Waals surface area (Å²) in [5, 5.41) is 4.40. The summed E-state index contributed by atoms with van der Waals surface area (Å²) in [7, 11) is 7.64. The number of methoxy groups -OCH3 is 1. The Morgan fingerprint density at radius 3 is 2.50 bits per heavy atom. The number of benzene rings is 3. The molecule has 0 radical (unpaired) electrons. The number of halogens is 1. The molecule has 0 saturated heterocycles. The number of fused-ring (bicyclic) bond motifs is 3. The fraction of sp³-hybridized carbons (Fsp3) is 0.233. The zero-order valence-corrected chi connectivity index (χ0v) is 23.0. The Labute approximate surface area is 231 Å². The Hall–Kier alpha value is -4.70. The highest BCUT2D eigenvalue weighted by Gasteiger charge is 2.16. The van der Waals surface area contributed by atoms with Gasteiger partial charge in [-0.2, -0.15) is 0 Å². The second kappa shape index (κ2) is 11.2. The smallest absolute Gasteiger partial charge is 0.262 e. The second-order valence-electron chi connectivity index (χ2n) is 9.95. The van der Waals surface area contributed by atoms with Crippen LogP contribution in [0.15, 0.2) is 71.7 Å². The molecule has 0 atom stereocenters. The van der Waals surface area contributed by atoms with Crippen molar-refractivity contribution in [1.82, 2.24) is 19.4 Å². The molecule has 0 spiro atoms. The Morgan fingerprint density at radius 2 is 1.77 bits per heavy atom. The van der Waals surface area contributed by atoms with Crippen molar-refractivity contribution in [3.05, 3.63) is 88.6 Å². The van der Waals surface area contributed by atoms with Gasteiger partial charge < -0.3 is 30.2 Å². The van der Waals surface area contributed by atoms with Crippen molar-refractivity contribution in [2.45, 2.75) is 6.54 Å². The predicted octanol–water partition coefficient (Wildman–Crippen LogP) is 4.46. The molecule has 5 aromatic rings. The molecule has 40 heavy (non-hydrogen) atoms. The summed E-state index contributed by atoms with van der Waals surface area (Å²) in [6.45, 7) is 1.97. The second-order valence-corrected chi connectivity index (χ2v) is 9.95. The molecule has 0 unspecified atom stereocenters. The monoisotopic (exact) mass is 541 g/mol. The molecule has 3 aromatic carbocycles. The van der Waals surface area contributed by atoms with Gasteiger partial charge >= 0.3 is 0 Å². The molecule has 5 rings (SSSR count). The topological polar surface area (TPSA) is 102 Å². The van der Waals surface area contributed by atoms with Crippen molar-refractivity contribution in [2.24, 2.45) is 0 Å². The van der Waals surface area contributed by atoms with Crippen molar-refractivity contribution >= 4 is 44.8 Å². The molecular weight excluding hydrogens is 509 g/mol. The molecule has 0 aliphatic heterocycles. The van der Waals surface area contributed by atoms with Crippen LogP contribution in [0.1, 0.15) is 5.56 Å². The molecule has 2 aromatic heterocycles. The molecule has 9 nitrogen and oxygen atoms in total. The van der Waals surface area contributed by atoms with E-state index in [-0.39, 0.29) is 11.4 Å². The number of hydrogen-bond acceptors (Lipinski definition) is 8. The van der Waals surface area contributed by atoms with Crippen LogP contribution >= 0.6 is 0 Å². The summed E-state index contributed by atoms with van der Waals surface area (Å²) in [6.07, 6.45) is 1.53. The Kier molecular flexibility index (Phi) is 7.52. The van der Waals surface area contributed by atoms with Crippen molar-refractivity contribution in [2.75, 3.05) is 57.3 Å². The van der Waals surface area contributed by atoms with Crippen molar-refractivity contribution < 1.29 is 9.13 Å². The van der Waals surface area contributed by atoms with Crippen molar-refractivity contribution in [3.63, 3.8) is 0 Å². The van der Waals surface area contributed by atoms with Crippen LogP contribution in [0.5, 0.6) is 5.75 Å². The van der Waals surface area contributed by atoms with Gasteiger partial charge in [-0.3, -0.25) is 4.79 Å². The minimum atomic E-state index is -0.322. The zero-order chi connectivity index (χ0) is 28.4. The molecule has 0 bridgehead atoms. The highest BCUT2D eigenvalue weighted by molar-refractivity contribution is 6.03. The largest absolute Gasteiger partial charge is 0.494 e. The number of nitrogen functional groups attached to an aromatic ring is 1. The molecule has 0 aliphatic rings. The lowest BCUT2D eigenvalue weighted by molar-refractivity contribution is 0.413. The van der Waals surface area contributed by atoms with Gasteiger partial charge in [0.2, 0.25) is 5.95 Å². The van der Waals surface area contributed by atoms with Crippen LogP contribution in [-0.2, 0) is 6.54 Å². The number of aromatic nitrogens is 3. The highest BCUT2D eigenvalue weighted by Crippen LogP contribution is 2.36. The molecule has 0 amide bonds. The maximum absolute atomic E-state index is 13.6. The van der Waals surface area contributed by atoms with Crippen LogP contribution in [0.25, 0.3) is 21.8 Å². The van der Waals surface area contributed by atoms with E-state index in [2.05, 4.69) is 20.1 Å². The molecule has 206 valence electrons. The average molecular weight is 542 g/mol. The van der Waals surface area contributed by atoms with E-state index in [9.17, 15) is 9.18 Å². The zero-order valence-electron chi connectivity index (χ0n) is 23.0. The Balaban J connectivity index is 1.53. The summed E-state index contributed by atoms with van der Waals surface area (Å²) in [6, 6.07) is 17.4. The van der Waals surface area contributed by atoms with Gasteiger partial charge in [-0.15, -0.1) is 0 Å². The molecule has 10 heteroatoms. The number of nitrogens with zero attached hydrogens (tertiary/aromatic N) is 5. The lowest BCUT2D eigenvalue weighted by atomic mass is 10.1. The molecule has 0 aliphatic carbocycles. The van der Waals surface area contributed by atoms with Crippen LogP contribution in [0.3, 0.4) is 0 Å². The van der Waals surface area contributed by atoms with Crippen LogP contribution < -0.4 is 26.2 Å². The first-order valence-corrected chi connectivity index (χ1v) is 12.9. The van der Waals surface area contributed by atoms with E-state index in [4.69, 9.17) is 15.5 Å². The van der Waals surface area contributed by atoms with Gasteiger partial charge in [0.15, 0.2) is 0 Å². The number of anilines is 4. The number of ether oxygens (including phenoxy) is 1. The third kappa shape index (κ3) is 5.39. The lowest BCUT2D eigenvalue weighted by Gasteiger charge is -2.24.